The third kappa shape index (κ3) is 56.7. The second-order valence-corrected chi connectivity index (χ2v) is 1.32. The predicted molar refractivity (Wildman–Crippen MR) is 26.5 cm³/mol. The number of hydrogen-bond acceptors (Lipinski definition) is 2. The van der Waals surface area contributed by atoms with E-state index in [0.717, 1.165) is 6.92 Å². The first-order valence-corrected chi connectivity index (χ1v) is 2.15. The molecular formula is C4H7F3O3. The van der Waals surface area contributed by atoms with E-state index in [1.807, 2.05) is 0 Å². The van der Waals surface area contributed by atoms with Crippen molar-refractivity contribution in [2.45, 2.75) is 13.0 Å². The van der Waals surface area contributed by atoms with Crippen LogP contribution in [0, 0.1) is 0 Å². The molecule has 0 atom stereocenters. The van der Waals surface area contributed by atoms with Crippen molar-refractivity contribution in [1.29, 1.82) is 0 Å². The van der Waals surface area contributed by atoms with E-state index in [9.17, 15) is 13.2 Å². The molecule has 0 aliphatic heterocycles. The van der Waals surface area contributed by atoms with Crippen molar-refractivity contribution in [2.75, 3.05) is 6.67 Å². The molecule has 0 saturated heterocycles. The number of aliphatic hydroxyl groups is 1. The van der Waals surface area contributed by atoms with Crippen LogP contribution in [0.15, 0.2) is 0 Å². The SMILES string of the molecule is CC(=O)O.OC(F)(F)CF. The fraction of sp³-hybridized carbons (Fsp3) is 0.750. The smallest absolute Gasteiger partial charge is 0.381 e. The first-order valence-electron chi connectivity index (χ1n) is 2.15. The molecule has 0 unspecified atom stereocenters. The maximum atomic E-state index is 10.6. The van der Waals surface area contributed by atoms with Gasteiger partial charge in [-0.1, -0.05) is 0 Å². The average Bonchev–Trinajstić information content (AvgIpc) is 1.63. The number of alkyl halides is 3. The van der Waals surface area contributed by atoms with Crippen LogP contribution in [0.2, 0.25) is 0 Å². The van der Waals surface area contributed by atoms with Gasteiger partial charge in [-0.3, -0.25) is 4.79 Å². The quantitative estimate of drug-likeness (QED) is 0.591. The summed E-state index contributed by atoms with van der Waals surface area (Å²) in [5.74, 6) is -0.833. The molecule has 0 spiro atoms. The van der Waals surface area contributed by atoms with Crippen LogP contribution in [0.1, 0.15) is 6.92 Å². The van der Waals surface area contributed by atoms with Crippen LogP contribution in [-0.4, -0.2) is 29.0 Å². The van der Waals surface area contributed by atoms with Crippen molar-refractivity contribution < 1.29 is 28.2 Å². The summed E-state index contributed by atoms with van der Waals surface area (Å²) in [6.45, 7) is -0.924. The molecular weight excluding hydrogens is 153 g/mol. The van der Waals surface area contributed by atoms with E-state index in [1.54, 1.807) is 0 Å². The monoisotopic (exact) mass is 160 g/mol. The van der Waals surface area contributed by atoms with Gasteiger partial charge in [0.15, 0.2) is 6.67 Å². The third-order valence-electron chi connectivity index (χ3n) is 0.161. The number of carboxylic acids is 1. The summed E-state index contributed by atoms with van der Waals surface area (Å²) in [5, 5.41) is 14.5. The van der Waals surface area contributed by atoms with Crippen molar-refractivity contribution in [3.8, 4) is 0 Å². The van der Waals surface area contributed by atoms with Crippen LogP contribution in [0.5, 0.6) is 0 Å². The molecule has 0 aromatic rings. The van der Waals surface area contributed by atoms with E-state index in [0.29, 0.717) is 0 Å². The van der Waals surface area contributed by atoms with Crippen molar-refractivity contribution in [1.82, 2.24) is 0 Å². The molecule has 10 heavy (non-hydrogen) atoms. The number of halogens is 3. The van der Waals surface area contributed by atoms with E-state index < -0.39 is 18.8 Å². The summed E-state index contributed by atoms with van der Waals surface area (Å²) >= 11 is 0. The Morgan fingerprint density at radius 1 is 1.60 bits per heavy atom. The Morgan fingerprint density at radius 2 is 1.70 bits per heavy atom. The Bertz CT molecular complexity index is 94.4. The second kappa shape index (κ2) is 5.04. The van der Waals surface area contributed by atoms with E-state index in [4.69, 9.17) is 15.0 Å². The van der Waals surface area contributed by atoms with E-state index >= 15 is 0 Å². The largest absolute Gasteiger partial charge is 0.481 e. The van der Waals surface area contributed by atoms with Crippen molar-refractivity contribution in [2.24, 2.45) is 0 Å². The molecule has 0 rings (SSSR count). The molecule has 0 heterocycles. The van der Waals surface area contributed by atoms with Gasteiger partial charge in [-0.2, -0.15) is 8.78 Å². The van der Waals surface area contributed by atoms with Crippen LogP contribution in [0.4, 0.5) is 13.2 Å². The van der Waals surface area contributed by atoms with Gasteiger partial charge >= 0.3 is 6.11 Å². The summed E-state index contributed by atoms with van der Waals surface area (Å²) < 4.78 is 31.8. The first-order chi connectivity index (χ1) is 4.29. The van der Waals surface area contributed by atoms with E-state index in [1.165, 1.54) is 0 Å². The highest BCUT2D eigenvalue weighted by Crippen LogP contribution is 2.06. The van der Waals surface area contributed by atoms with E-state index in [2.05, 4.69) is 0 Å². The summed E-state index contributed by atoms with van der Waals surface area (Å²) in [7, 11) is 0. The normalized spacial score (nSPS) is 9.70. The van der Waals surface area contributed by atoms with Gasteiger partial charge < -0.3 is 10.2 Å². The van der Waals surface area contributed by atoms with Crippen LogP contribution >= 0.6 is 0 Å². The number of hydrogen-bond donors (Lipinski definition) is 2. The lowest BCUT2D eigenvalue weighted by Crippen LogP contribution is -2.15. The minimum Gasteiger partial charge on any atom is -0.481 e. The van der Waals surface area contributed by atoms with Crippen LogP contribution < -0.4 is 0 Å². The van der Waals surface area contributed by atoms with Gasteiger partial charge in [0.25, 0.3) is 5.97 Å². The average molecular weight is 160 g/mol. The van der Waals surface area contributed by atoms with Gasteiger partial charge in [-0.15, -0.1) is 0 Å². The molecule has 0 saturated carbocycles. The van der Waals surface area contributed by atoms with Gasteiger partial charge in [0, 0.05) is 6.92 Å². The molecule has 0 amide bonds. The molecule has 6 heteroatoms. The Labute approximate surface area is 55.1 Å². The topological polar surface area (TPSA) is 57.5 Å². The zero-order chi connectivity index (χ0) is 8.78. The Balaban J connectivity index is 0. The first kappa shape index (κ1) is 12.0. The predicted octanol–water partition coefficient (Wildman–Crippen LogP) is 0.632. The fourth-order valence-electron chi connectivity index (χ4n) is 0. The number of aliphatic carboxylic acids is 1. The Kier molecular flexibility index (Phi) is 6.02. The maximum absolute atomic E-state index is 10.6. The third-order valence-corrected chi connectivity index (χ3v) is 0.161. The number of carboxylic acid groups (broad SMARTS) is 1. The zero-order valence-electron chi connectivity index (χ0n) is 5.14. The summed E-state index contributed by atoms with van der Waals surface area (Å²) in [4.78, 5) is 9.00. The minimum atomic E-state index is -4.12. The highest BCUT2D eigenvalue weighted by molar-refractivity contribution is 5.62. The molecule has 0 aliphatic carbocycles. The number of rotatable bonds is 1. The zero-order valence-corrected chi connectivity index (χ0v) is 5.14. The lowest BCUT2D eigenvalue weighted by atomic mass is 10.7. The van der Waals surface area contributed by atoms with Crippen molar-refractivity contribution in [3.63, 3.8) is 0 Å². The highest BCUT2D eigenvalue weighted by Gasteiger charge is 2.22. The van der Waals surface area contributed by atoms with Gasteiger partial charge in [0.1, 0.15) is 0 Å². The molecule has 2 N–H and O–H groups in total. The molecule has 3 nitrogen and oxygen atoms in total. The Hall–Kier alpha value is -0.780. The minimum absolute atomic E-state index is 0.833. The van der Waals surface area contributed by atoms with Gasteiger partial charge in [-0.05, 0) is 0 Å². The van der Waals surface area contributed by atoms with Crippen molar-refractivity contribution in [3.05, 3.63) is 0 Å². The standard InChI is InChI=1S/C2H3F3O.C2H4O2/c3-1-2(4,5)6;1-2(3)4/h6H,1H2;1H3,(H,3,4). The molecule has 0 aromatic carbocycles. The lowest BCUT2D eigenvalue weighted by molar-refractivity contribution is -0.208. The van der Waals surface area contributed by atoms with Gasteiger partial charge in [0.05, 0.1) is 0 Å². The highest BCUT2D eigenvalue weighted by atomic mass is 19.3. The molecule has 0 bridgehead atoms. The Morgan fingerprint density at radius 3 is 1.70 bits per heavy atom. The van der Waals surface area contributed by atoms with Crippen LogP contribution in [0.3, 0.4) is 0 Å². The number of carbonyl (C=O) groups is 1. The lowest BCUT2D eigenvalue weighted by Gasteiger charge is -1.97. The summed E-state index contributed by atoms with van der Waals surface area (Å²) in [5.41, 5.74) is 0. The van der Waals surface area contributed by atoms with Gasteiger partial charge in [0.2, 0.25) is 0 Å². The van der Waals surface area contributed by atoms with Gasteiger partial charge in [-0.25, -0.2) is 4.39 Å². The fourth-order valence-corrected chi connectivity index (χ4v) is 0. The summed E-state index contributed by atoms with van der Waals surface area (Å²) in [6.07, 6.45) is -4.12. The molecule has 0 radical (unpaired) electrons. The van der Waals surface area contributed by atoms with Crippen LogP contribution in [-0.2, 0) is 4.79 Å². The molecule has 0 aliphatic rings. The molecule has 0 aromatic heterocycles. The maximum Gasteiger partial charge on any atom is 0.381 e. The van der Waals surface area contributed by atoms with Crippen molar-refractivity contribution >= 4 is 5.97 Å². The molecule has 0 fully saturated rings. The van der Waals surface area contributed by atoms with Crippen LogP contribution in [0.25, 0.3) is 0 Å². The molecule has 62 valence electrons. The summed E-state index contributed by atoms with van der Waals surface area (Å²) in [6, 6.07) is 0. The second-order valence-electron chi connectivity index (χ2n) is 1.32. The van der Waals surface area contributed by atoms with E-state index in [-0.39, 0.29) is 0 Å².